The Morgan fingerprint density at radius 2 is 2.03 bits per heavy atom. The molecule has 6 atom stereocenters. The predicted molar refractivity (Wildman–Crippen MR) is 114 cm³/mol. The molecule has 30 heavy (non-hydrogen) atoms. The maximum Gasteiger partial charge on any atom is 0.359 e. The van der Waals surface area contributed by atoms with Gasteiger partial charge in [-0.2, -0.15) is 5.10 Å². The number of rotatable bonds is 5. The van der Waals surface area contributed by atoms with E-state index in [9.17, 15) is 15.0 Å². The Labute approximate surface area is 179 Å². The van der Waals surface area contributed by atoms with Crippen LogP contribution < -0.4 is 0 Å². The lowest BCUT2D eigenvalue weighted by Crippen LogP contribution is -2.52. The molecule has 1 aromatic heterocycles. The van der Waals surface area contributed by atoms with E-state index >= 15 is 0 Å². The van der Waals surface area contributed by atoms with Gasteiger partial charge in [-0.3, -0.25) is 5.10 Å². The van der Waals surface area contributed by atoms with E-state index in [2.05, 4.69) is 30.6 Å². The van der Waals surface area contributed by atoms with Gasteiger partial charge in [0.2, 0.25) is 0 Å². The van der Waals surface area contributed by atoms with Crippen molar-refractivity contribution in [2.45, 2.75) is 59.3 Å². The largest absolute Gasteiger partial charge is 0.461 e. The van der Waals surface area contributed by atoms with Crippen LogP contribution in [0.3, 0.4) is 0 Å². The highest BCUT2D eigenvalue weighted by Crippen LogP contribution is 2.62. The molecule has 3 aliphatic rings. The van der Waals surface area contributed by atoms with Crippen molar-refractivity contribution in [3.63, 3.8) is 0 Å². The standard InChI is InChI=1S/C24H36N2O4/c1-5-30-22(29)21-16-11-24(4,15(12-27)10-20(16)25-26-21)19-8-9-23(3)14(2)6-7-18(23)17(19)13-28/h15,17-19,27-28H,2,5-13H2,1,3-4H3,(H,25,26)/t15-,17+,18+,19+,23-,24+/m1/s1. The van der Waals surface area contributed by atoms with Gasteiger partial charge in [-0.05, 0) is 80.0 Å². The van der Waals surface area contributed by atoms with Crippen LogP contribution in [0, 0.1) is 34.5 Å². The molecular formula is C24H36N2O4. The smallest absolute Gasteiger partial charge is 0.359 e. The van der Waals surface area contributed by atoms with Crippen LogP contribution in [0.1, 0.15) is 68.2 Å². The van der Waals surface area contributed by atoms with Crippen molar-refractivity contribution in [3.05, 3.63) is 29.1 Å². The fourth-order valence-corrected chi connectivity index (χ4v) is 7.11. The molecule has 0 aromatic carbocycles. The Morgan fingerprint density at radius 1 is 1.27 bits per heavy atom. The summed E-state index contributed by atoms with van der Waals surface area (Å²) in [4.78, 5) is 12.5. The average molecular weight is 417 g/mol. The van der Waals surface area contributed by atoms with Crippen molar-refractivity contribution in [2.24, 2.45) is 34.5 Å². The Hall–Kier alpha value is -1.66. The molecule has 3 aliphatic carbocycles. The fraction of sp³-hybridized carbons (Fsp3) is 0.750. The third-order valence-corrected chi connectivity index (χ3v) is 9.03. The topological polar surface area (TPSA) is 95.4 Å². The van der Waals surface area contributed by atoms with Gasteiger partial charge in [0.05, 0.1) is 6.61 Å². The number of aromatic amines is 1. The number of hydrogen-bond acceptors (Lipinski definition) is 5. The minimum atomic E-state index is -0.387. The van der Waals surface area contributed by atoms with Crippen molar-refractivity contribution < 1.29 is 19.7 Å². The van der Waals surface area contributed by atoms with Crippen LogP contribution in [0.5, 0.6) is 0 Å². The highest BCUT2D eigenvalue weighted by molar-refractivity contribution is 5.89. The SMILES string of the molecule is C=C1CC[C@H]2[C@H](CO)[C@@H]([C@@]3(C)Cc4c(C(=O)OCC)n[nH]c4C[C@@H]3CO)CC[C@]12C. The van der Waals surface area contributed by atoms with E-state index < -0.39 is 0 Å². The first-order valence-electron chi connectivity index (χ1n) is 11.4. The minimum Gasteiger partial charge on any atom is -0.461 e. The lowest BCUT2D eigenvalue weighted by atomic mass is 9.49. The van der Waals surface area contributed by atoms with Crippen LogP contribution in [0.4, 0.5) is 0 Å². The first-order chi connectivity index (χ1) is 14.3. The molecule has 2 saturated carbocycles. The van der Waals surface area contributed by atoms with Crippen LogP contribution >= 0.6 is 0 Å². The number of aromatic nitrogens is 2. The molecular weight excluding hydrogens is 380 g/mol. The van der Waals surface area contributed by atoms with E-state index in [4.69, 9.17) is 4.74 Å². The average Bonchev–Trinajstić information content (AvgIpc) is 3.26. The number of nitrogens with one attached hydrogen (secondary N) is 1. The molecule has 6 nitrogen and oxygen atoms in total. The predicted octanol–water partition coefficient (Wildman–Crippen LogP) is 3.29. The van der Waals surface area contributed by atoms with Gasteiger partial charge >= 0.3 is 5.97 Å². The van der Waals surface area contributed by atoms with Crippen LogP contribution in [0.25, 0.3) is 0 Å². The summed E-state index contributed by atoms with van der Waals surface area (Å²) in [5, 5.41) is 28.1. The monoisotopic (exact) mass is 416 g/mol. The van der Waals surface area contributed by atoms with E-state index in [1.165, 1.54) is 5.57 Å². The zero-order chi connectivity index (χ0) is 21.7. The first-order valence-corrected chi connectivity index (χ1v) is 11.4. The van der Waals surface area contributed by atoms with E-state index in [-0.39, 0.29) is 47.8 Å². The molecule has 4 rings (SSSR count). The quantitative estimate of drug-likeness (QED) is 0.506. The van der Waals surface area contributed by atoms with E-state index in [0.29, 0.717) is 31.1 Å². The lowest BCUT2D eigenvalue weighted by molar-refractivity contribution is -0.0738. The molecule has 0 radical (unpaired) electrons. The number of carbonyl (C=O) groups is 1. The van der Waals surface area contributed by atoms with Gasteiger partial charge in [0.25, 0.3) is 0 Å². The number of fused-ring (bicyclic) bond motifs is 2. The number of aliphatic hydroxyl groups is 2. The van der Waals surface area contributed by atoms with Gasteiger partial charge in [0, 0.05) is 24.5 Å². The molecule has 2 fully saturated rings. The van der Waals surface area contributed by atoms with Crippen molar-refractivity contribution in [1.29, 1.82) is 0 Å². The van der Waals surface area contributed by atoms with Gasteiger partial charge in [-0.1, -0.05) is 26.0 Å². The lowest BCUT2D eigenvalue weighted by Gasteiger charge is -2.55. The minimum absolute atomic E-state index is 0.0634. The molecule has 0 saturated heterocycles. The molecule has 0 bridgehead atoms. The maximum atomic E-state index is 12.5. The van der Waals surface area contributed by atoms with Gasteiger partial charge in [-0.15, -0.1) is 0 Å². The third kappa shape index (κ3) is 3.06. The second-order valence-electron chi connectivity index (χ2n) is 10.2. The molecule has 1 aromatic rings. The normalized spacial score (nSPS) is 38.2. The van der Waals surface area contributed by atoms with Crippen molar-refractivity contribution in [3.8, 4) is 0 Å². The van der Waals surface area contributed by atoms with Crippen molar-refractivity contribution in [1.82, 2.24) is 10.2 Å². The highest BCUT2D eigenvalue weighted by atomic mass is 16.5. The molecule has 166 valence electrons. The number of aliphatic hydroxyl groups excluding tert-OH is 2. The van der Waals surface area contributed by atoms with Crippen LogP contribution in [0.15, 0.2) is 12.2 Å². The number of esters is 1. The Kier molecular flexibility index (Phi) is 5.60. The summed E-state index contributed by atoms with van der Waals surface area (Å²) in [7, 11) is 0. The summed E-state index contributed by atoms with van der Waals surface area (Å²) in [5.74, 6) is 0.568. The van der Waals surface area contributed by atoms with Crippen LogP contribution in [-0.4, -0.2) is 46.2 Å². The number of H-pyrrole nitrogens is 1. The molecule has 6 heteroatoms. The first kappa shape index (κ1) is 21.6. The zero-order valence-electron chi connectivity index (χ0n) is 18.5. The second-order valence-corrected chi connectivity index (χ2v) is 10.2. The van der Waals surface area contributed by atoms with E-state index in [1.54, 1.807) is 6.92 Å². The number of ether oxygens (including phenoxy) is 1. The van der Waals surface area contributed by atoms with Gasteiger partial charge in [-0.25, -0.2) is 4.79 Å². The summed E-state index contributed by atoms with van der Waals surface area (Å²) < 4.78 is 5.22. The van der Waals surface area contributed by atoms with Gasteiger partial charge in [0.1, 0.15) is 0 Å². The molecule has 1 heterocycles. The fourth-order valence-electron chi connectivity index (χ4n) is 7.11. The highest BCUT2D eigenvalue weighted by Gasteiger charge is 2.57. The molecule has 3 N–H and O–H groups in total. The zero-order valence-corrected chi connectivity index (χ0v) is 18.5. The maximum absolute atomic E-state index is 12.5. The molecule has 0 unspecified atom stereocenters. The molecule has 0 amide bonds. The van der Waals surface area contributed by atoms with Crippen molar-refractivity contribution in [2.75, 3.05) is 19.8 Å². The summed E-state index contributed by atoms with van der Waals surface area (Å²) in [6, 6.07) is 0. The third-order valence-electron chi connectivity index (χ3n) is 9.03. The summed E-state index contributed by atoms with van der Waals surface area (Å²) >= 11 is 0. The molecule has 0 aliphatic heterocycles. The Balaban J connectivity index is 1.70. The van der Waals surface area contributed by atoms with Gasteiger partial charge in [0.15, 0.2) is 5.69 Å². The number of nitrogens with zero attached hydrogens (tertiary/aromatic N) is 1. The number of carbonyl (C=O) groups excluding carboxylic acids is 1. The number of hydrogen-bond donors (Lipinski definition) is 3. The Morgan fingerprint density at radius 3 is 2.70 bits per heavy atom. The summed E-state index contributed by atoms with van der Waals surface area (Å²) in [6.07, 6.45) is 5.55. The molecule has 0 spiro atoms. The number of allylic oxidation sites excluding steroid dienone is 1. The summed E-state index contributed by atoms with van der Waals surface area (Å²) in [5.41, 5.74) is 3.47. The van der Waals surface area contributed by atoms with Crippen LogP contribution in [-0.2, 0) is 17.6 Å². The summed E-state index contributed by atoms with van der Waals surface area (Å²) in [6.45, 7) is 11.3. The van der Waals surface area contributed by atoms with E-state index in [0.717, 1.165) is 36.9 Å². The van der Waals surface area contributed by atoms with Crippen molar-refractivity contribution >= 4 is 5.97 Å². The second kappa shape index (κ2) is 7.79. The van der Waals surface area contributed by atoms with Crippen LogP contribution in [0.2, 0.25) is 0 Å². The van der Waals surface area contributed by atoms with E-state index in [1.807, 2.05) is 0 Å². The Bertz CT molecular complexity index is 833. The van der Waals surface area contributed by atoms with Gasteiger partial charge < -0.3 is 14.9 Å².